The van der Waals surface area contributed by atoms with Gasteiger partial charge < -0.3 is 12.3 Å². The highest BCUT2D eigenvalue weighted by atomic mass is 28.5. The Morgan fingerprint density at radius 2 is 1.32 bits per heavy atom. The zero-order valence-corrected chi connectivity index (χ0v) is 15.8. The Morgan fingerprint density at radius 1 is 0.895 bits per heavy atom. The lowest BCUT2D eigenvalue weighted by molar-refractivity contribution is 0.218. The monoisotopic (exact) mass is 316 g/mol. The normalized spacial score (nSPS) is 28.0. The summed E-state index contributed by atoms with van der Waals surface area (Å²) in [6, 6.07) is 4.15. The van der Waals surface area contributed by atoms with E-state index in [1.54, 1.807) is 0 Å². The second-order valence-electron chi connectivity index (χ2n) is 5.74. The first-order valence-corrected chi connectivity index (χ1v) is 14.2. The van der Waals surface area contributed by atoms with Crippen LogP contribution in [0, 0.1) is 0 Å². The first-order chi connectivity index (χ1) is 9.03. The van der Waals surface area contributed by atoms with Gasteiger partial charge in [-0.3, -0.25) is 0 Å². The van der Waals surface area contributed by atoms with E-state index in [4.69, 9.17) is 12.3 Å². The van der Waals surface area contributed by atoms with E-state index in [0.717, 1.165) is 24.2 Å². The molecule has 6 heteroatoms. The summed E-state index contributed by atoms with van der Waals surface area (Å²) in [5.74, 6) is 0. The lowest BCUT2D eigenvalue weighted by Crippen LogP contribution is -2.69. The Kier molecular flexibility index (Phi) is 4.59. The Labute approximate surface area is 121 Å². The molecule has 0 bridgehead atoms. The van der Waals surface area contributed by atoms with Gasteiger partial charge in [-0.15, -0.1) is 6.58 Å². The van der Waals surface area contributed by atoms with Crippen molar-refractivity contribution in [3.63, 3.8) is 0 Å². The first kappa shape index (κ1) is 15.7. The zero-order chi connectivity index (χ0) is 14.1. The summed E-state index contributed by atoms with van der Waals surface area (Å²) in [4.78, 5) is 0. The molecular weight excluding hydrogens is 288 g/mol. The molecule has 19 heavy (non-hydrogen) atoms. The number of hydrogen-bond acceptors (Lipinski definition) is 3. The van der Waals surface area contributed by atoms with Gasteiger partial charge in [-0.1, -0.05) is 33.4 Å². The van der Waals surface area contributed by atoms with Gasteiger partial charge in [0.05, 0.1) is 0 Å². The van der Waals surface area contributed by atoms with Crippen LogP contribution in [-0.2, 0) is 12.3 Å². The lowest BCUT2D eigenvalue weighted by Gasteiger charge is -2.52. The Morgan fingerprint density at radius 3 is 1.58 bits per heavy atom. The van der Waals surface area contributed by atoms with Crippen LogP contribution in [0.15, 0.2) is 12.3 Å². The molecule has 3 nitrogen and oxygen atoms in total. The van der Waals surface area contributed by atoms with Crippen molar-refractivity contribution in [2.45, 2.75) is 70.3 Å². The van der Waals surface area contributed by atoms with E-state index in [9.17, 15) is 0 Å². The number of rotatable bonds is 6. The van der Waals surface area contributed by atoms with Crippen LogP contribution in [0.5, 0.6) is 0 Å². The molecule has 0 N–H and O–H groups in total. The van der Waals surface area contributed by atoms with Crippen LogP contribution in [0.25, 0.3) is 0 Å². The molecule has 0 atom stereocenters. The van der Waals surface area contributed by atoms with Gasteiger partial charge in [0.1, 0.15) is 0 Å². The second-order valence-corrected chi connectivity index (χ2v) is 17.3. The zero-order valence-electron chi connectivity index (χ0n) is 12.8. The smallest absolute Gasteiger partial charge is 0.350 e. The minimum Gasteiger partial charge on any atom is -0.415 e. The summed E-state index contributed by atoms with van der Waals surface area (Å²) in [7, 11) is -6.34. The van der Waals surface area contributed by atoms with E-state index < -0.39 is 25.7 Å². The van der Waals surface area contributed by atoms with E-state index >= 15 is 0 Å². The first-order valence-electron chi connectivity index (χ1n) is 7.77. The second kappa shape index (κ2) is 5.57. The fourth-order valence-corrected chi connectivity index (χ4v) is 20.9. The summed E-state index contributed by atoms with van der Waals surface area (Å²) in [6.45, 7) is 13.0. The Balaban J connectivity index is 2.38. The van der Waals surface area contributed by atoms with Gasteiger partial charge in [0, 0.05) is 5.54 Å². The highest BCUT2D eigenvalue weighted by Crippen LogP contribution is 2.52. The molecule has 2 rings (SSSR count). The molecule has 0 unspecified atom stereocenters. The van der Waals surface area contributed by atoms with Crippen molar-refractivity contribution in [1.82, 2.24) is 0 Å². The molecule has 0 amide bonds. The predicted octanol–water partition coefficient (Wildman–Crippen LogP) is 4.35. The molecule has 0 aromatic carbocycles. The maximum absolute atomic E-state index is 6.64. The van der Waals surface area contributed by atoms with Crippen LogP contribution in [0.3, 0.4) is 0 Å². The molecule has 1 aliphatic carbocycles. The fraction of sp³-hybridized carbons (Fsp3) is 0.846. The highest BCUT2D eigenvalue weighted by molar-refractivity contribution is 6.97. The summed E-state index contributed by atoms with van der Waals surface area (Å²) in [6.07, 6.45) is 2.52. The quantitative estimate of drug-likeness (QED) is 0.682. The van der Waals surface area contributed by atoms with Gasteiger partial charge >= 0.3 is 25.7 Å². The van der Waals surface area contributed by atoms with Crippen LogP contribution in [0.2, 0.25) is 29.7 Å². The number of hydrogen-bond donors (Lipinski definition) is 0. The van der Waals surface area contributed by atoms with Crippen molar-refractivity contribution in [3.8, 4) is 0 Å². The molecule has 1 saturated carbocycles. The summed E-state index contributed by atoms with van der Waals surface area (Å²) >= 11 is 0. The summed E-state index contributed by atoms with van der Waals surface area (Å²) in [5, 5.41) is 0. The van der Waals surface area contributed by atoms with Crippen LogP contribution < -0.4 is 0 Å². The van der Waals surface area contributed by atoms with Crippen molar-refractivity contribution in [2.24, 2.45) is 0 Å². The van der Waals surface area contributed by atoms with Crippen LogP contribution in [-0.4, -0.2) is 25.7 Å². The fourth-order valence-electron chi connectivity index (χ4n) is 2.96. The average Bonchev–Trinajstić information content (AvgIpc) is 3.31. The van der Waals surface area contributed by atoms with E-state index in [1.165, 1.54) is 12.8 Å². The molecule has 0 aromatic heterocycles. The highest BCUT2D eigenvalue weighted by Gasteiger charge is 2.63. The minimum atomic E-state index is -2.22. The van der Waals surface area contributed by atoms with Crippen LogP contribution in [0.1, 0.15) is 40.5 Å². The standard InChI is InChI=1S/C13H28O3Si3/c1-6-17(7-2)14-18(8-3,9-4)16-19(10-5,15-17)13-11-12-13/h10,13H,5-9,11-12H2,1-4H3. The molecule has 1 saturated heterocycles. The predicted molar refractivity (Wildman–Crippen MR) is 85.6 cm³/mol. The van der Waals surface area contributed by atoms with Gasteiger partial charge in [-0.25, -0.2) is 0 Å². The summed E-state index contributed by atoms with van der Waals surface area (Å²) < 4.78 is 19.9. The van der Waals surface area contributed by atoms with Gasteiger partial charge in [0.2, 0.25) is 0 Å². The van der Waals surface area contributed by atoms with Crippen molar-refractivity contribution in [1.29, 1.82) is 0 Å². The molecule has 110 valence electrons. The van der Waals surface area contributed by atoms with Gasteiger partial charge in [0.15, 0.2) is 0 Å². The Hall–Kier alpha value is 0.271. The Bertz CT molecular complexity index is 316. The molecular formula is C13H28O3Si3. The van der Waals surface area contributed by atoms with Crippen molar-refractivity contribution in [3.05, 3.63) is 12.3 Å². The van der Waals surface area contributed by atoms with Crippen molar-refractivity contribution in [2.75, 3.05) is 0 Å². The van der Waals surface area contributed by atoms with Crippen molar-refractivity contribution < 1.29 is 12.3 Å². The van der Waals surface area contributed by atoms with Crippen LogP contribution >= 0.6 is 0 Å². The van der Waals surface area contributed by atoms with Gasteiger partial charge in [-0.2, -0.15) is 0 Å². The SMILES string of the molecule is C=C[Si]1(C2CC2)O[Si](CC)(CC)O[Si](CC)(CC)O1. The minimum absolute atomic E-state index is 0.642. The third-order valence-corrected chi connectivity index (χ3v) is 19.7. The largest absolute Gasteiger partial charge is 0.415 e. The summed E-state index contributed by atoms with van der Waals surface area (Å²) in [5.41, 5.74) is 2.71. The topological polar surface area (TPSA) is 27.7 Å². The van der Waals surface area contributed by atoms with Gasteiger partial charge in [-0.05, 0) is 37.0 Å². The maximum atomic E-state index is 6.64. The van der Waals surface area contributed by atoms with E-state index in [1.807, 2.05) is 0 Å². The van der Waals surface area contributed by atoms with Crippen molar-refractivity contribution >= 4 is 25.7 Å². The average molecular weight is 317 g/mol. The molecule has 2 aliphatic rings. The third-order valence-electron chi connectivity index (χ3n) is 4.65. The van der Waals surface area contributed by atoms with E-state index in [-0.39, 0.29) is 0 Å². The molecule has 0 radical (unpaired) electrons. The van der Waals surface area contributed by atoms with E-state index in [2.05, 4.69) is 40.0 Å². The molecule has 2 fully saturated rings. The molecule has 0 spiro atoms. The third kappa shape index (κ3) is 2.71. The maximum Gasteiger partial charge on any atom is 0.350 e. The molecule has 1 aliphatic heterocycles. The van der Waals surface area contributed by atoms with E-state index in [0.29, 0.717) is 5.54 Å². The molecule has 1 heterocycles. The lowest BCUT2D eigenvalue weighted by atomic mass is 10.9. The van der Waals surface area contributed by atoms with Crippen LogP contribution in [0.4, 0.5) is 0 Å². The van der Waals surface area contributed by atoms with Gasteiger partial charge in [0.25, 0.3) is 0 Å². The molecule has 0 aromatic rings.